The van der Waals surface area contributed by atoms with Crippen molar-refractivity contribution in [2.75, 3.05) is 0 Å². The largest absolute Gasteiger partial charge is 0.295 e. The lowest BCUT2D eigenvalue weighted by atomic mass is 10.2. The molecule has 0 aliphatic carbocycles. The van der Waals surface area contributed by atoms with E-state index in [4.69, 9.17) is 11.6 Å². The normalized spacial score (nSPS) is 12.8. The zero-order valence-electron chi connectivity index (χ0n) is 11.6. The van der Waals surface area contributed by atoms with Gasteiger partial charge in [-0.1, -0.05) is 6.07 Å². The van der Waals surface area contributed by atoms with Crippen molar-refractivity contribution in [2.24, 2.45) is 0 Å². The van der Waals surface area contributed by atoms with Gasteiger partial charge in [-0.15, -0.1) is 11.6 Å². The van der Waals surface area contributed by atoms with Gasteiger partial charge in [0.25, 0.3) is 0 Å². The Morgan fingerprint density at radius 1 is 1.24 bits per heavy atom. The molecule has 2 nitrogen and oxygen atoms in total. The molecular weight excluding hydrogens is 402 g/mol. The number of halogens is 3. The lowest BCUT2D eigenvalue weighted by Gasteiger charge is -2.11. The van der Waals surface area contributed by atoms with Gasteiger partial charge in [0.2, 0.25) is 0 Å². The first-order valence-corrected chi connectivity index (χ1v) is 8.07. The van der Waals surface area contributed by atoms with Gasteiger partial charge < -0.3 is 0 Å². The highest BCUT2D eigenvalue weighted by Gasteiger charge is 2.17. The van der Waals surface area contributed by atoms with E-state index in [9.17, 15) is 4.39 Å². The molecule has 1 heterocycles. The molecule has 2 aromatic carbocycles. The van der Waals surface area contributed by atoms with Gasteiger partial charge in [0, 0.05) is 3.57 Å². The topological polar surface area (TPSA) is 17.8 Å². The van der Waals surface area contributed by atoms with Crippen molar-refractivity contribution in [2.45, 2.75) is 19.2 Å². The first-order chi connectivity index (χ1) is 9.97. The maximum Gasteiger partial charge on any atom is 0.132 e. The monoisotopic (exact) mass is 414 g/mol. The van der Waals surface area contributed by atoms with Crippen molar-refractivity contribution in [1.29, 1.82) is 0 Å². The van der Waals surface area contributed by atoms with E-state index in [1.807, 2.05) is 35.8 Å². The average Bonchev–Trinajstić information content (AvgIpc) is 2.80. The van der Waals surface area contributed by atoms with Crippen molar-refractivity contribution < 1.29 is 4.39 Å². The quantitative estimate of drug-likeness (QED) is 0.407. The van der Waals surface area contributed by atoms with Gasteiger partial charge in [0.1, 0.15) is 11.6 Å². The number of hydrogen-bond donors (Lipinski definition) is 0. The van der Waals surface area contributed by atoms with Crippen molar-refractivity contribution in [3.05, 3.63) is 57.2 Å². The van der Waals surface area contributed by atoms with Crippen LogP contribution in [0.5, 0.6) is 0 Å². The SMILES string of the molecule is Cc1ccc(-n2c(C(C)Cl)nc3cc(I)ccc32)cc1F. The van der Waals surface area contributed by atoms with Gasteiger partial charge in [0.05, 0.1) is 22.1 Å². The molecule has 0 amide bonds. The first-order valence-electron chi connectivity index (χ1n) is 6.56. The summed E-state index contributed by atoms with van der Waals surface area (Å²) in [6.45, 7) is 3.62. The Labute approximate surface area is 141 Å². The molecule has 5 heteroatoms. The minimum Gasteiger partial charge on any atom is -0.295 e. The average molecular weight is 415 g/mol. The van der Waals surface area contributed by atoms with Crippen molar-refractivity contribution in [3.8, 4) is 5.69 Å². The molecule has 0 fully saturated rings. The van der Waals surface area contributed by atoms with E-state index in [1.165, 1.54) is 6.07 Å². The molecule has 0 aliphatic heterocycles. The molecule has 0 N–H and O–H groups in total. The van der Waals surface area contributed by atoms with Crippen molar-refractivity contribution >= 4 is 45.2 Å². The molecule has 0 bridgehead atoms. The molecule has 1 unspecified atom stereocenters. The Morgan fingerprint density at radius 2 is 2.00 bits per heavy atom. The van der Waals surface area contributed by atoms with Gasteiger partial charge in [-0.2, -0.15) is 0 Å². The summed E-state index contributed by atoms with van der Waals surface area (Å²) >= 11 is 8.51. The van der Waals surface area contributed by atoms with Crippen LogP contribution in [0, 0.1) is 16.3 Å². The number of hydrogen-bond acceptors (Lipinski definition) is 1. The molecule has 0 spiro atoms. The maximum absolute atomic E-state index is 13.9. The third kappa shape index (κ3) is 2.66. The second-order valence-corrected chi connectivity index (χ2v) is 6.89. The third-order valence-electron chi connectivity index (χ3n) is 3.41. The minimum atomic E-state index is -0.264. The molecule has 0 radical (unpaired) electrons. The zero-order chi connectivity index (χ0) is 15.1. The number of alkyl halides is 1. The van der Waals surface area contributed by atoms with Gasteiger partial charge >= 0.3 is 0 Å². The first kappa shape index (κ1) is 14.8. The van der Waals surface area contributed by atoms with E-state index in [-0.39, 0.29) is 11.2 Å². The molecule has 3 aromatic rings. The van der Waals surface area contributed by atoms with Gasteiger partial charge in [-0.05, 0) is 72.3 Å². The van der Waals surface area contributed by atoms with Crippen molar-refractivity contribution in [3.63, 3.8) is 0 Å². The van der Waals surface area contributed by atoms with E-state index >= 15 is 0 Å². The summed E-state index contributed by atoms with van der Waals surface area (Å²) in [5, 5.41) is -0.264. The molecule has 1 atom stereocenters. The van der Waals surface area contributed by atoms with Crippen LogP contribution in [-0.4, -0.2) is 9.55 Å². The summed E-state index contributed by atoms with van der Waals surface area (Å²) in [4.78, 5) is 4.61. The second-order valence-electron chi connectivity index (χ2n) is 4.99. The predicted octanol–water partition coefficient (Wildman–Crippen LogP) is 5.38. The van der Waals surface area contributed by atoms with Crippen molar-refractivity contribution in [1.82, 2.24) is 9.55 Å². The summed E-state index contributed by atoms with van der Waals surface area (Å²) < 4.78 is 16.9. The highest BCUT2D eigenvalue weighted by atomic mass is 127. The van der Waals surface area contributed by atoms with Gasteiger partial charge in [0.15, 0.2) is 0 Å². The Bertz CT molecular complexity index is 827. The van der Waals surface area contributed by atoms with E-state index in [1.54, 1.807) is 13.0 Å². The number of aryl methyl sites for hydroxylation is 1. The smallest absolute Gasteiger partial charge is 0.132 e. The molecule has 0 saturated heterocycles. The van der Waals surface area contributed by atoms with Crippen LogP contribution < -0.4 is 0 Å². The van der Waals surface area contributed by atoms with Crippen LogP contribution in [0.4, 0.5) is 4.39 Å². The summed E-state index contributed by atoms with van der Waals surface area (Å²) in [6.07, 6.45) is 0. The minimum absolute atomic E-state index is 0.229. The van der Waals surface area contributed by atoms with Crippen LogP contribution in [0.3, 0.4) is 0 Å². The highest BCUT2D eigenvalue weighted by Crippen LogP contribution is 2.29. The number of benzene rings is 2. The van der Waals surface area contributed by atoms with E-state index in [0.717, 1.165) is 26.1 Å². The third-order valence-corrected chi connectivity index (χ3v) is 4.28. The van der Waals surface area contributed by atoms with E-state index in [2.05, 4.69) is 27.6 Å². The lowest BCUT2D eigenvalue weighted by molar-refractivity contribution is 0.617. The number of fused-ring (bicyclic) bond motifs is 1. The lowest BCUT2D eigenvalue weighted by Crippen LogP contribution is -2.02. The molecule has 108 valence electrons. The standard InChI is InChI=1S/C16H13ClFIN2/c1-9-3-5-12(8-13(9)18)21-15-6-4-11(19)7-14(15)20-16(21)10(2)17/h3-8,10H,1-2H3. The summed E-state index contributed by atoms with van der Waals surface area (Å²) in [5.74, 6) is 0.491. The van der Waals surface area contributed by atoms with Crippen LogP contribution in [0.1, 0.15) is 23.7 Å². The Balaban J connectivity index is 2.33. The molecular formula is C16H13ClFIN2. The Hall–Kier alpha value is -1.14. The fourth-order valence-electron chi connectivity index (χ4n) is 2.33. The fraction of sp³-hybridized carbons (Fsp3) is 0.188. The molecule has 3 rings (SSSR count). The number of aromatic nitrogens is 2. The predicted molar refractivity (Wildman–Crippen MR) is 92.8 cm³/mol. The Kier molecular flexibility index (Phi) is 3.92. The fourth-order valence-corrected chi connectivity index (χ4v) is 2.95. The molecule has 21 heavy (non-hydrogen) atoms. The van der Waals surface area contributed by atoms with E-state index in [0.29, 0.717) is 5.56 Å². The van der Waals surface area contributed by atoms with Crippen LogP contribution in [0.25, 0.3) is 16.7 Å². The maximum atomic E-state index is 13.9. The number of imidazole rings is 1. The summed E-state index contributed by atoms with van der Waals surface area (Å²) in [5.41, 5.74) is 3.16. The van der Waals surface area contributed by atoms with E-state index < -0.39 is 0 Å². The number of rotatable bonds is 2. The van der Waals surface area contributed by atoms with Gasteiger partial charge in [-0.25, -0.2) is 9.37 Å². The summed E-state index contributed by atoms with van der Waals surface area (Å²) in [6, 6.07) is 11.2. The van der Waals surface area contributed by atoms with Crippen LogP contribution in [0.2, 0.25) is 0 Å². The highest BCUT2D eigenvalue weighted by molar-refractivity contribution is 14.1. The van der Waals surface area contributed by atoms with Crippen LogP contribution in [0.15, 0.2) is 36.4 Å². The molecule has 0 saturated carbocycles. The second kappa shape index (κ2) is 5.57. The van der Waals surface area contributed by atoms with Crippen LogP contribution >= 0.6 is 34.2 Å². The number of nitrogens with zero attached hydrogens (tertiary/aromatic N) is 2. The van der Waals surface area contributed by atoms with Crippen LogP contribution in [-0.2, 0) is 0 Å². The Morgan fingerprint density at radius 3 is 2.67 bits per heavy atom. The van der Waals surface area contributed by atoms with Gasteiger partial charge in [-0.3, -0.25) is 4.57 Å². The molecule has 0 aliphatic rings. The summed E-state index contributed by atoms with van der Waals surface area (Å²) in [7, 11) is 0. The molecule has 1 aromatic heterocycles. The zero-order valence-corrected chi connectivity index (χ0v) is 14.5.